The third-order valence-electron chi connectivity index (χ3n) is 4.86. The largest absolute Gasteiger partial charge is 0.353 e. The molecule has 2 fully saturated rings. The molecule has 0 amide bonds. The SMILES string of the molecule is Fc1ccc2ncnc(N3CCC4CCCCC43)c2c1. The lowest BCUT2D eigenvalue weighted by Gasteiger charge is -2.32. The molecule has 0 N–H and O–H groups in total. The second-order valence-electron chi connectivity index (χ2n) is 5.95. The number of halogens is 1. The summed E-state index contributed by atoms with van der Waals surface area (Å²) in [7, 11) is 0. The molecule has 0 bridgehead atoms. The standard InChI is InChI=1S/C16H18FN3/c17-12-5-6-14-13(9-12)16(19-10-18-14)20-8-7-11-3-1-2-4-15(11)20/h5-6,9-11,15H,1-4,7-8H2. The summed E-state index contributed by atoms with van der Waals surface area (Å²) in [6.45, 7) is 1.04. The first-order chi connectivity index (χ1) is 9.83. The zero-order valence-electron chi connectivity index (χ0n) is 11.4. The summed E-state index contributed by atoms with van der Waals surface area (Å²) >= 11 is 0. The molecule has 1 aromatic heterocycles. The van der Waals surface area contributed by atoms with Crippen LogP contribution in [0, 0.1) is 11.7 Å². The van der Waals surface area contributed by atoms with Crippen LogP contribution in [0.2, 0.25) is 0 Å². The highest BCUT2D eigenvalue weighted by atomic mass is 19.1. The zero-order valence-corrected chi connectivity index (χ0v) is 11.4. The maximum atomic E-state index is 13.6. The van der Waals surface area contributed by atoms with Gasteiger partial charge >= 0.3 is 0 Å². The van der Waals surface area contributed by atoms with Crippen molar-refractivity contribution < 1.29 is 4.39 Å². The van der Waals surface area contributed by atoms with E-state index in [1.165, 1.54) is 38.2 Å². The minimum atomic E-state index is -0.215. The minimum absolute atomic E-state index is 0.215. The molecule has 1 aromatic carbocycles. The summed E-state index contributed by atoms with van der Waals surface area (Å²) in [6, 6.07) is 5.36. The van der Waals surface area contributed by atoms with Crippen molar-refractivity contribution in [3.63, 3.8) is 0 Å². The van der Waals surface area contributed by atoms with E-state index < -0.39 is 0 Å². The molecule has 20 heavy (non-hydrogen) atoms. The van der Waals surface area contributed by atoms with E-state index in [0.29, 0.717) is 6.04 Å². The summed E-state index contributed by atoms with van der Waals surface area (Å²) in [4.78, 5) is 11.1. The van der Waals surface area contributed by atoms with Gasteiger partial charge in [-0.1, -0.05) is 12.8 Å². The van der Waals surface area contributed by atoms with Gasteiger partial charge < -0.3 is 4.90 Å². The van der Waals surface area contributed by atoms with E-state index in [-0.39, 0.29) is 5.82 Å². The van der Waals surface area contributed by atoms with E-state index in [9.17, 15) is 4.39 Å². The van der Waals surface area contributed by atoms with Crippen molar-refractivity contribution in [1.82, 2.24) is 9.97 Å². The van der Waals surface area contributed by atoms with Crippen molar-refractivity contribution in [2.24, 2.45) is 5.92 Å². The molecule has 4 rings (SSSR count). The van der Waals surface area contributed by atoms with E-state index in [4.69, 9.17) is 0 Å². The van der Waals surface area contributed by atoms with Crippen LogP contribution in [0.15, 0.2) is 24.5 Å². The first kappa shape index (κ1) is 12.1. The van der Waals surface area contributed by atoms with E-state index in [1.54, 1.807) is 18.5 Å². The molecule has 1 saturated heterocycles. The van der Waals surface area contributed by atoms with E-state index in [1.807, 2.05) is 0 Å². The maximum absolute atomic E-state index is 13.6. The Morgan fingerprint density at radius 2 is 2.00 bits per heavy atom. The molecule has 0 spiro atoms. The average Bonchev–Trinajstić information content (AvgIpc) is 2.90. The number of anilines is 1. The second kappa shape index (κ2) is 4.69. The Morgan fingerprint density at radius 3 is 2.95 bits per heavy atom. The first-order valence-corrected chi connectivity index (χ1v) is 7.50. The molecule has 1 aliphatic heterocycles. The topological polar surface area (TPSA) is 29.0 Å². The maximum Gasteiger partial charge on any atom is 0.140 e. The van der Waals surface area contributed by atoms with Gasteiger partial charge in [-0.05, 0) is 43.4 Å². The monoisotopic (exact) mass is 271 g/mol. The first-order valence-electron chi connectivity index (χ1n) is 7.50. The van der Waals surface area contributed by atoms with Crippen LogP contribution in [0.4, 0.5) is 10.2 Å². The quantitative estimate of drug-likeness (QED) is 0.794. The Hall–Kier alpha value is -1.71. The Balaban J connectivity index is 1.80. The minimum Gasteiger partial charge on any atom is -0.353 e. The van der Waals surface area contributed by atoms with Crippen molar-refractivity contribution in [3.05, 3.63) is 30.3 Å². The molecule has 104 valence electrons. The van der Waals surface area contributed by atoms with Crippen LogP contribution in [0.25, 0.3) is 10.9 Å². The lowest BCUT2D eigenvalue weighted by atomic mass is 9.85. The van der Waals surface area contributed by atoms with Gasteiger partial charge in [-0.15, -0.1) is 0 Å². The molecule has 2 aromatic rings. The van der Waals surface area contributed by atoms with E-state index in [2.05, 4.69) is 14.9 Å². The fourth-order valence-electron chi connectivity index (χ4n) is 3.91. The number of aromatic nitrogens is 2. The predicted octanol–water partition coefficient (Wildman–Crippen LogP) is 3.54. The number of nitrogens with zero attached hydrogens (tertiary/aromatic N) is 3. The predicted molar refractivity (Wildman–Crippen MR) is 77.2 cm³/mol. The normalized spacial score (nSPS) is 25.9. The van der Waals surface area contributed by atoms with Gasteiger partial charge in [0.2, 0.25) is 0 Å². The highest BCUT2D eigenvalue weighted by Crippen LogP contribution is 2.39. The molecule has 2 unspecified atom stereocenters. The molecule has 4 heteroatoms. The Kier molecular flexibility index (Phi) is 2.83. The van der Waals surface area contributed by atoms with Crippen LogP contribution in [0.1, 0.15) is 32.1 Å². The van der Waals surface area contributed by atoms with E-state index >= 15 is 0 Å². The highest BCUT2D eigenvalue weighted by molar-refractivity contribution is 5.89. The number of rotatable bonds is 1. The van der Waals surface area contributed by atoms with Crippen LogP contribution in [0.5, 0.6) is 0 Å². The van der Waals surface area contributed by atoms with Crippen molar-refractivity contribution in [1.29, 1.82) is 0 Å². The van der Waals surface area contributed by atoms with Gasteiger partial charge in [0, 0.05) is 18.0 Å². The fourth-order valence-corrected chi connectivity index (χ4v) is 3.91. The molecule has 2 heterocycles. The Bertz CT molecular complexity index is 643. The van der Waals surface area contributed by atoms with Crippen LogP contribution in [0.3, 0.4) is 0 Å². The lowest BCUT2D eigenvalue weighted by Crippen LogP contribution is -2.35. The summed E-state index contributed by atoms with van der Waals surface area (Å²) in [5.74, 6) is 1.50. The third kappa shape index (κ3) is 1.86. The molecule has 1 saturated carbocycles. The number of benzene rings is 1. The van der Waals surface area contributed by atoms with Gasteiger partial charge in [0.15, 0.2) is 0 Å². The highest BCUT2D eigenvalue weighted by Gasteiger charge is 2.36. The van der Waals surface area contributed by atoms with Gasteiger partial charge in [0.1, 0.15) is 18.0 Å². The summed E-state index contributed by atoms with van der Waals surface area (Å²) in [5.41, 5.74) is 0.829. The molecule has 2 atom stereocenters. The fraction of sp³-hybridized carbons (Fsp3) is 0.500. The number of hydrogen-bond acceptors (Lipinski definition) is 3. The summed E-state index contributed by atoms with van der Waals surface area (Å²) in [5, 5.41) is 0.846. The Morgan fingerprint density at radius 1 is 1.10 bits per heavy atom. The molecule has 0 radical (unpaired) electrons. The van der Waals surface area contributed by atoms with Crippen LogP contribution >= 0.6 is 0 Å². The summed E-state index contributed by atoms with van der Waals surface area (Å²) in [6.07, 6.45) is 8.07. The van der Waals surface area contributed by atoms with Gasteiger partial charge in [0.05, 0.1) is 5.52 Å². The third-order valence-corrected chi connectivity index (χ3v) is 4.86. The van der Waals surface area contributed by atoms with Gasteiger partial charge in [-0.2, -0.15) is 0 Å². The average molecular weight is 271 g/mol. The van der Waals surface area contributed by atoms with Crippen LogP contribution in [-0.2, 0) is 0 Å². The zero-order chi connectivity index (χ0) is 13.5. The molecular weight excluding hydrogens is 253 g/mol. The van der Waals surface area contributed by atoms with Crippen LogP contribution < -0.4 is 4.90 Å². The summed E-state index contributed by atoms with van der Waals surface area (Å²) < 4.78 is 13.6. The Labute approximate surface area is 117 Å². The van der Waals surface area contributed by atoms with Gasteiger partial charge in [-0.3, -0.25) is 0 Å². The van der Waals surface area contributed by atoms with Gasteiger partial charge in [-0.25, -0.2) is 14.4 Å². The smallest absolute Gasteiger partial charge is 0.140 e. The number of fused-ring (bicyclic) bond motifs is 2. The van der Waals surface area contributed by atoms with Crippen molar-refractivity contribution in [2.45, 2.75) is 38.1 Å². The number of hydrogen-bond donors (Lipinski definition) is 0. The molecule has 1 aliphatic carbocycles. The van der Waals surface area contributed by atoms with Crippen molar-refractivity contribution >= 4 is 16.7 Å². The lowest BCUT2D eigenvalue weighted by molar-refractivity contribution is 0.341. The van der Waals surface area contributed by atoms with E-state index in [0.717, 1.165) is 29.2 Å². The van der Waals surface area contributed by atoms with Gasteiger partial charge in [0.25, 0.3) is 0 Å². The van der Waals surface area contributed by atoms with Crippen molar-refractivity contribution in [2.75, 3.05) is 11.4 Å². The second-order valence-corrected chi connectivity index (χ2v) is 5.95. The molecule has 3 nitrogen and oxygen atoms in total. The molecule has 2 aliphatic rings. The van der Waals surface area contributed by atoms with Crippen LogP contribution in [-0.4, -0.2) is 22.6 Å². The van der Waals surface area contributed by atoms with Crippen molar-refractivity contribution in [3.8, 4) is 0 Å². The molecular formula is C16H18FN3.